The molecule has 1 saturated heterocycles. The molecule has 11 nitrogen and oxygen atoms in total. The smallest absolute Gasteiger partial charge is 0.409 e. The summed E-state index contributed by atoms with van der Waals surface area (Å²) in [4.78, 5) is 50.1. The Kier molecular flexibility index (Phi) is 8.89. The summed E-state index contributed by atoms with van der Waals surface area (Å²) in [6, 6.07) is 9.57. The van der Waals surface area contributed by atoms with Crippen LogP contribution in [0.15, 0.2) is 36.4 Å². The van der Waals surface area contributed by atoms with Crippen molar-refractivity contribution in [3.8, 4) is 17.3 Å². The number of hydrogen-bond acceptors (Lipinski definition) is 8. The van der Waals surface area contributed by atoms with Crippen LogP contribution in [-0.4, -0.2) is 94.3 Å². The number of nitrogens with zero attached hydrogens (tertiary/aromatic N) is 4. The van der Waals surface area contributed by atoms with E-state index in [9.17, 15) is 19.5 Å². The summed E-state index contributed by atoms with van der Waals surface area (Å²) in [6.07, 6.45) is 3.64. The molecular weight excluding hydrogens is 478 g/mol. The fraction of sp³-hybridized carbons (Fsp3) is 0.500. The number of amides is 3. The first-order valence-corrected chi connectivity index (χ1v) is 12.7. The lowest BCUT2D eigenvalue weighted by Crippen LogP contribution is -2.56. The zero-order valence-electron chi connectivity index (χ0n) is 21.0. The van der Waals surface area contributed by atoms with Crippen molar-refractivity contribution < 1.29 is 29.0 Å². The topological polar surface area (TPSA) is 134 Å². The summed E-state index contributed by atoms with van der Waals surface area (Å²) in [5, 5.41) is 12.5. The first-order valence-electron chi connectivity index (χ1n) is 12.7. The maximum absolute atomic E-state index is 13.2. The monoisotopic (exact) mass is 511 g/mol. The molecule has 198 valence electrons. The fourth-order valence-electron chi connectivity index (χ4n) is 4.46. The van der Waals surface area contributed by atoms with Crippen LogP contribution in [-0.2, 0) is 9.53 Å². The molecule has 1 aliphatic heterocycles. The molecule has 37 heavy (non-hydrogen) atoms. The van der Waals surface area contributed by atoms with Crippen LogP contribution < -0.4 is 10.1 Å². The van der Waals surface area contributed by atoms with Gasteiger partial charge in [-0.3, -0.25) is 9.59 Å². The molecule has 2 aromatic rings. The zero-order chi connectivity index (χ0) is 26.2. The minimum atomic E-state index is -1.16. The number of aromatic nitrogens is 2. The Morgan fingerprint density at radius 3 is 2.38 bits per heavy atom. The van der Waals surface area contributed by atoms with E-state index >= 15 is 0 Å². The van der Waals surface area contributed by atoms with Crippen molar-refractivity contribution >= 4 is 17.9 Å². The highest BCUT2D eigenvalue weighted by Crippen LogP contribution is 2.25. The van der Waals surface area contributed by atoms with E-state index in [4.69, 9.17) is 9.47 Å². The zero-order valence-corrected chi connectivity index (χ0v) is 21.0. The number of carbonyl (C=O) groups is 3. The van der Waals surface area contributed by atoms with E-state index in [1.54, 1.807) is 6.92 Å². The maximum atomic E-state index is 13.2. The van der Waals surface area contributed by atoms with Gasteiger partial charge in [0.15, 0.2) is 5.82 Å². The average molecular weight is 512 g/mol. The van der Waals surface area contributed by atoms with Crippen molar-refractivity contribution in [3.05, 3.63) is 42.1 Å². The summed E-state index contributed by atoms with van der Waals surface area (Å²) in [5.41, 5.74) is 0.767. The van der Waals surface area contributed by atoms with Crippen molar-refractivity contribution in [1.82, 2.24) is 25.1 Å². The van der Waals surface area contributed by atoms with E-state index < -0.39 is 30.6 Å². The van der Waals surface area contributed by atoms with Gasteiger partial charge in [-0.2, -0.15) is 4.98 Å². The molecule has 11 heteroatoms. The van der Waals surface area contributed by atoms with E-state index in [0.717, 1.165) is 31.2 Å². The second-order valence-corrected chi connectivity index (χ2v) is 9.03. The molecule has 1 atom stereocenters. The van der Waals surface area contributed by atoms with Crippen LogP contribution in [0.2, 0.25) is 0 Å². The molecule has 2 aliphatic rings. The van der Waals surface area contributed by atoms with Crippen molar-refractivity contribution in [1.29, 1.82) is 0 Å². The Morgan fingerprint density at radius 1 is 1.05 bits per heavy atom. The quantitative estimate of drug-likeness (QED) is 0.549. The minimum absolute atomic E-state index is 0.0366. The Hall–Kier alpha value is -3.73. The van der Waals surface area contributed by atoms with Crippen molar-refractivity contribution in [3.63, 3.8) is 0 Å². The van der Waals surface area contributed by atoms with E-state index in [0.29, 0.717) is 24.8 Å². The highest BCUT2D eigenvalue weighted by Gasteiger charge is 2.31. The molecule has 1 aromatic heterocycles. The normalized spacial score (nSPS) is 16.8. The number of carbonyl (C=O) groups excluding carboxylic acids is 3. The molecule has 3 amide bonds. The predicted octanol–water partition coefficient (Wildman–Crippen LogP) is 1.86. The molecule has 2 fully saturated rings. The highest BCUT2D eigenvalue weighted by molar-refractivity contribution is 5.96. The number of aliphatic hydroxyl groups is 1. The van der Waals surface area contributed by atoms with E-state index in [2.05, 4.69) is 15.3 Å². The first kappa shape index (κ1) is 26.3. The molecule has 4 rings (SSSR count). The highest BCUT2D eigenvalue weighted by atomic mass is 16.6. The summed E-state index contributed by atoms with van der Waals surface area (Å²) >= 11 is 0. The van der Waals surface area contributed by atoms with Crippen molar-refractivity contribution in [2.45, 2.75) is 44.8 Å². The molecule has 2 N–H and O–H groups in total. The lowest BCUT2D eigenvalue weighted by Gasteiger charge is -2.35. The van der Waals surface area contributed by atoms with Gasteiger partial charge in [-0.15, -0.1) is 0 Å². The van der Waals surface area contributed by atoms with E-state index in [1.165, 1.54) is 15.9 Å². The summed E-state index contributed by atoms with van der Waals surface area (Å²) in [5.74, 6) is -0.413. The Balaban J connectivity index is 1.46. The molecule has 0 unspecified atom stereocenters. The largest absolute Gasteiger partial charge is 0.474 e. The number of nitrogens with one attached hydrogen (secondary N) is 1. The van der Waals surface area contributed by atoms with Gasteiger partial charge >= 0.3 is 6.09 Å². The van der Waals surface area contributed by atoms with E-state index in [1.807, 2.05) is 30.3 Å². The van der Waals surface area contributed by atoms with Gasteiger partial charge < -0.3 is 29.7 Å². The van der Waals surface area contributed by atoms with Gasteiger partial charge in [0, 0.05) is 37.8 Å². The number of rotatable bonds is 8. The summed E-state index contributed by atoms with van der Waals surface area (Å²) in [6.45, 7) is 2.60. The third-order valence-electron chi connectivity index (χ3n) is 6.46. The van der Waals surface area contributed by atoms with Gasteiger partial charge in [0.05, 0.1) is 13.2 Å². The Morgan fingerprint density at radius 2 is 1.73 bits per heavy atom. The fourth-order valence-corrected chi connectivity index (χ4v) is 4.46. The number of piperazine rings is 1. The van der Waals surface area contributed by atoms with E-state index in [-0.39, 0.29) is 31.5 Å². The molecule has 1 aliphatic carbocycles. The molecule has 0 spiro atoms. The van der Waals surface area contributed by atoms with Crippen molar-refractivity contribution in [2.24, 2.45) is 0 Å². The minimum Gasteiger partial charge on any atom is -0.474 e. The van der Waals surface area contributed by atoms with Gasteiger partial charge in [-0.25, -0.2) is 9.78 Å². The predicted molar refractivity (Wildman–Crippen MR) is 134 cm³/mol. The van der Waals surface area contributed by atoms with Gasteiger partial charge in [0.1, 0.15) is 17.8 Å². The Labute approximate surface area is 215 Å². The number of benzene rings is 1. The van der Waals surface area contributed by atoms with Crippen LogP contribution in [0.3, 0.4) is 0 Å². The van der Waals surface area contributed by atoms with Crippen LogP contribution >= 0.6 is 0 Å². The van der Waals surface area contributed by atoms with Crippen LogP contribution in [0.25, 0.3) is 11.4 Å². The third-order valence-corrected chi connectivity index (χ3v) is 6.46. The van der Waals surface area contributed by atoms with Gasteiger partial charge in [-0.1, -0.05) is 30.3 Å². The molecular formula is C26H33N5O6. The molecule has 1 saturated carbocycles. The molecule has 2 heterocycles. The third kappa shape index (κ3) is 6.73. The molecule has 0 radical (unpaired) electrons. The number of ether oxygens (including phenoxy) is 2. The van der Waals surface area contributed by atoms with Gasteiger partial charge in [0.2, 0.25) is 11.8 Å². The van der Waals surface area contributed by atoms with Crippen LogP contribution in [0.5, 0.6) is 5.88 Å². The van der Waals surface area contributed by atoms with Crippen LogP contribution in [0, 0.1) is 0 Å². The first-order chi connectivity index (χ1) is 18.0. The SMILES string of the molecule is CCOC(=O)N1CCN(C(=O)[C@H](CO)NC(=O)c2cc(OC3CCCC3)nc(-c3ccccc3)n2)CC1. The summed E-state index contributed by atoms with van der Waals surface area (Å²) in [7, 11) is 0. The molecule has 0 bridgehead atoms. The number of hydrogen-bond donors (Lipinski definition) is 2. The summed E-state index contributed by atoms with van der Waals surface area (Å²) < 4.78 is 11.1. The van der Waals surface area contributed by atoms with Crippen LogP contribution in [0.4, 0.5) is 4.79 Å². The second kappa shape index (κ2) is 12.5. The Bertz CT molecular complexity index is 1080. The maximum Gasteiger partial charge on any atom is 0.409 e. The standard InChI is InChI=1S/C26H33N5O6/c1-2-36-26(35)31-14-12-30(13-15-31)25(34)21(17-32)28-24(33)20-16-22(37-19-10-6-7-11-19)29-23(27-20)18-8-4-3-5-9-18/h3-5,8-9,16,19,21,32H,2,6-7,10-15,17H2,1H3,(H,28,33)/t21-/m0/s1. The average Bonchev–Trinajstić information content (AvgIpc) is 3.44. The second-order valence-electron chi connectivity index (χ2n) is 9.03. The van der Waals surface area contributed by atoms with Gasteiger partial charge in [-0.05, 0) is 32.6 Å². The van der Waals surface area contributed by atoms with Crippen molar-refractivity contribution in [2.75, 3.05) is 39.4 Å². The van der Waals surface area contributed by atoms with Gasteiger partial charge in [0.25, 0.3) is 5.91 Å². The van der Waals surface area contributed by atoms with Crippen LogP contribution in [0.1, 0.15) is 43.1 Å². The lowest BCUT2D eigenvalue weighted by atomic mass is 10.2. The molecule has 1 aromatic carbocycles. The lowest BCUT2D eigenvalue weighted by molar-refractivity contribution is -0.135. The number of aliphatic hydroxyl groups excluding tert-OH is 1.